The summed E-state index contributed by atoms with van der Waals surface area (Å²) in [5, 5.41) is 19.3. The highest BCUT2D eigenvalue weighted by Gasteiger charge is 2.14. The summed E-state index contributed by atoms with van der Waals surface area (Å²) in [6, 6.07) is 0. The fourth-order valence-electron chi connectivity index (χ4n) is 1.42. The SMILES string of the molecule is O=C(O)CCC(=O)NCCCOCCOC(=O)CCC(=O)C(=O)O. The zero-order valence-electron chi connectivity index (χ0n) is 13.1. The van der Waals surface area contributed by atoms with Gasteiger partial charge >= 0.3 is 17.9 Å². The van der Waals surface area contributed by atoms with E-state index < -0.39 is 30.1 Å². The fraction of sp³-hybridized carbons (Fsp3) is 0.643. The van der Waals surface area contributed by atoms with Crippen LogP contribution in [0.4, 0.5) is 0 Å². The van der Waals surface area contributed by atoms with Gasteiger partial charge in [-0.3, -0.25) is 19.2 Å². The van der Waals surface area contributed by atoms with E-state index in [4.69, 9.17) is 19.7 Å². The van der Waals surface area contributed by atoms with Crippen molar-refractivity contribution < 1.29 is 43.7 Å². The van der Waals surface area contributed by atoms with Crippen molar-refractivity contribution in [3.05, 3.63) is 0 Å². The van der Waals surface area contributed by atoms with E-state index in [1.165, 1.54) is 0 Å². The van der Waals surface area contributed by atoms with E-state index in [1.54, 1.807) is 0 Å². The van der Waals surface area contributed by atoms with Gasteiger partial charge in [0, 0.05) is 26.0 Å². The molecule has 0 aliphatic heterocycles. The van der Waals surface area contributed by atoms with Crippen molar-refractivity contribution in [2.75, 3.05) is 26.4 Å². The van der Waals surface area contributed by atoms with Crippen molar-refractivity contribution in [2.24, 2.45) is 0 Å². The summed E-state index contributed by atoms with van der Waals surface area (Å²) < 4.78 is 9.88. The number of carbonyl (C=O) groups is 5. The Hall–Kier alpha value is -2.49. The molecular weight excluding hydrogens is 326 g/mol. The maximum absolute atomic E-state index is 11.2. The van der Waals surface area contributed by atoms with E-state index in [-0.39, 0.29) is 38.4 Å². The number of hydrogen-bond acceptors (Lipinski definition) is 7. The van der Waals surface area contributed by atoms with Crippen LogP contribution in [-0.2, 0) is 33.4 Å². The normalized spacial score (nSPS) is 10.0. The number of carbonyl (C=O) groups excluding carboxylic acids is 3. The molecule has 1 amide bonds. The zero-order chi connectivity index (χ0) is 18.4. The lowest BCUT2D eigenvalue weighted by atomic mass is 10.2. The fourth-order valence-corrected chi connectivity index (χ4v) is 1.42. The summed E-state index contributed by atoms with van der Waals surface area (Å²) in [4.78, 5) is 53.6. The molecule has 0 fully saturated rings. The van der Waals surface area contributed by atoms with Gasteiger partial charge in [0.1, 0.15) is 6.61 Å². The van der Waals surface area contributed by atoms with Crippen molar-refractivity contribution >= 4 is 29.6 Å². The van der Waals surface area contributed by atoms with Crippen LogP contribution < -0.4 is 5.32 Å². The summed E-state index contributed by atoms with van der Waals surface area (Å²) in [7, 11) is 0. The zero-order valence-corrected chi connectivity index (χ0v) is 13.1. The highest BCUT2D eigenvalue weighted by molar-refractivity contribution is 6.32. The number of hydrogen-bond donors (Lipinski definition) is 3. The average Bonchev–Trinajstić information content (AvgIpc) is 2.52. The number of aliphatic carboxylic acids is 2. The van der Waals surface area contributed by atoms with Crippen molar-refractivity contribution in [1.82, 2.24) is 5.32 Å². The predicted molar refractivity (Wildman–Crippen MR) is 78.2 cm³/mol. The van der Waals surface area contributed by atoms with Crippen LogP contribution >= 0.6 is 0 Å². The van der Waals surface area contributed by atoms with Crippen LogP contribution in [0, 0.1) is 0 Å². The minimum absolute atomic E-state index is 0.0228. The quantitative estimate of drug-likeness (QED) is 0.211. The van der Waals surface area contributed by atoms with E-state index >= 15 is 0 Å². The number of rotatable bonds is 14. The van der Waals surface area contributed by atoms with E-state index in [1.807, 2.05) is 0 Å². The monoisotopic (exact) mass is 347 g/mol. The molecule has 10 nitrogen and oxygen atoms in total. The van der Waals surface area contributed by atoms with Gasteiger partial charge in [-0.1, -0.05) is 0 Å². The molecule has 0 radical (unpaired) electrons. The predicted octanol–water partition coefficient (Wildman–Crippen LogP) is -0.649. The van der Waals surface area contributed by atoms with Crippen LogP contribution in [0.15, 0.2) is 0 Å². The molecule has 0 atom stereocenters. The van der Waals surface area contributed by atoms with E-state index in [0.717, 1.165) is 0 Å². The lowest BCUT2D eigenvalue weighted by Gasteiger charge is -2.07. The highest BCUT2D eigenvalue weighted by atomic mass is 16.6. The Bertz CT molecular complexity index is 461. The number of carboxylic acid groups (broad SMARTS) is 2. The number of carboxylic acids is 2. The Morgan fingerprint density at radius 3 is 2.17 bits per heavy atom. The molecule has 0 heterocycles. The van der Waals surface area contributed by atoms with Crippen molar-refractivity contribution in [3.63, 3.8) is 0 Å². The molecule has 0 bridgehead atoms. The lowest BCUT2D eigenvalue weighted by Crippen LogP contribution is -2.25. The number of amides is 1. The number of Topliss-reactive ketones (excluding diaryl/α,β-unsaturated/α-hetero) is 1. The lowest BCUT2D eigenvalue weighted by molar-refractivity contribution is -0.151. The topological polar surface area (TPSA) is 156 Å². The number of ketones is 1. The summed E-state index contributed by atoms with van der Waals surface area (Å²) in [5.41, 5.74) is 0. The summed E-state index contributed by atoms with van der Waals surface area (Å²) in [5.74, 6) is -4.69. The van der Waals surface area contributed by atoms with E-state index in [0.29, 0.717) is 19.6 Å². The largest absolute Gasteiger partial charge is 0.481 e. The molecule has 0 aromatic carbocycles. The van der Waals surface area contributed by atoms with Crippen LogP contribution in [0.3, 0.4) is 0 Å². The smallest absolute Gasteiger partial charge is 0.372 e. The van der Waals surface area contributed by atoms with E-state index in [2.05, 4.69) is 5.32 Å². The Morgan fingerprint density at radius 1 is 0.833 bits per heavy atom. The number of esters is 1. The van der Waals surface area contributed by atoms with Crippen LogP contribution in [-0.4, -0.2) is 66.2 Å². The van der Waals surface area contributed by atoms with E-state index in [9.17, 15) is 24.0 Å². The van der Waals surface area contributed by atoms with Gasteiger partial charge in [-0.05, 0) is 6.42 Å². The molecule has 0 aromatic rings. The maximum atomic E-state index is 11.2. The standard InChI is InChI=1S/C14H21NO9/c16-10(14(21)22)2-5-13(20)24-9-8-23-7-1-6-15-11(17)3-4-12(18)19/h1-9H2,(H,15,17)(H,18,19)(H,21,22). The summed E-state index contributed by atoms with van der Waals surface area (Å²) in [6.45, 7) is 0.764. The van der Waals surface area contributed by atoms with Gasteiger partial charge in [0.2, 0.25) is 11.7 Å². The van der Waals surface area contributed by atoms with Crippen LogP contribution in [0.1, 0.15) is 32.1 Å². The Kier molecular flexibility index (Phi) is 11.6. The third kappa shape index (κ3) is 13.2. The second kappa shape index (κ2) is 13.0. The van der Waals surface area contributed by atoms with Gasteiger partial charge in [0.25, 0.3) is 0 Å². The molecule has 10 heteroatoms. The van der Waals surface area contributed by atoms with Gasteiger partial charge in [0.15, 0.2) is 0 Å². The maximum Gasteiger partial charge on any atom is 0.372 e. The van der Waals surface area contributed by atoms with Crippen LogP contribution in [0.5, 0.6) is 0 Å². The van der Waals surface area contributed by atoms with Crippen LogP contribution in [0.2, 0.25) is 0 Å². The molecule has 0 saturated heterocycles. The highest BCUT2D eigenvalue weighted by Crippen LogP contribution is 1.95. The van der Waals surface area contributed by atoms with Crippen LogP contribution in [0.25, 0.3) is 0 Å². The first-order valence-corrected chi connectivity index (χ1v) is 7.31. The van der Waals surface area contributed by atoms with Crippen molar-refractivity contribution in [2.45, 2.75) is 32.1 Å². The molecule has 0 saturated carbocycles. The molecular formula is C14H21NO9. The third-order valence-corrected chi connectivity index (χ3v) is 2.64. The minimum atomic E-state index is -1.58. The Labute approximate surface area is 138 Å². The van der Waals surface area contributed by atoms with Crippen molar-refractivity contribution in [3.8, 4) is 0 Å². The second-order valence-corrected chi connectivity index (χ2v) is 4.66. The third-order valence-electron chi connectivity index (χ3n) is 2.64. The van der Waals surface area contributed by atoms with Gasteiger partial charge < -0.3 is 25.0 Å². The molecule has 0 spiro atoms. The molecule has 0 aliphatic rings. The first-order valence-electron chi connectivity index (χ1n) is 7.31. The first-order chi connectivity index (χ1) is 11.3. The Balaban J connectivity index is 3.43. The average molecular weight is 347 g/mol. The summed E-state index contributed by atoms with van der Waals surface area (Å²) in [6.07, 6.45) is -0.480. The van der Waals surface area contributed by atoms with Gasteiger partial charge in [-0.25, -0.2) is 4.79 Å². The number of nitrogens with one attached hydrogen (secondary N) is 1. The molecule has 0 unspecified atom stereocenters. The summed E-state index contributed by atoms with van der Waals surface area (Å²) >= 11 is 0. The minimum Gasteiger partial charge on any atom is -0.481 e. The molecule has 136 valence electrons. The van der Waals surface area contributed by atoms with Gasteiger partial charge in [-0.2, -0.15) is 0 Å². The number of ether oxygens (including phenoxy) is 2. The Morgan fingerprint density at radius 2 is 1.54 bits per heavy atom. The molecule has 24 heavy (non-hydrogen) atoms. The van der Waals surface area contributed by atoms with Crippen molar-refractivity contribution in [1.29, 1.82) is 0 Å². The van der Waals surface area contributed by atoms with Gasteiger partial charge in [-0.15, -0.1) is 0 Å². The molecule has 0 rings (SSSR count). The molecule has 0 aromatic heterocycles. The van der Waals surface area contributed by atoms with Gasteiger partial charge in [0.05, 0.1) is 19.4 Å². The first kappa shape index (κ1) is 21.5. The second-order valence-electron chi connectivity index (χ2n) is 4.66. The molecule has 0 aliphatic carbocycles. The molecule has 3 N–H and O–H groups in total.